The molecule has 0 saturated carbocycles. The minimum absolute atomic E-state index is 0.463. The van der Waals surface area contributed by atoms with Gasteiger partial charge in [-0.3, -0.25) is 0 Å². The first-order valence-electron chi connectivity index (χ1n) is 4.93. The second-order valence-electron chi connectivity index (χ2n) is 3.33. The Morgan fingerprint density at radius 2 is 1.87 bits per heavy atom. The summed E-state index contributed by atoms with van der Waals surface area (Å²) in [5, 5.41) is 0. The molecule has 2 aromatic rings. The first-order chi connectivity index (χ1) is 7.38. The van der Waals surface area contributed by atoms with Gasteiger partial charge in [-0.1, -0.05) is 30.3 Å². The summed E-state index contributed by atoms with van der Waals surface area (Å²) in [6.07, 6.45) is 2.52. The topological polar surface area (TPSA) is 51.8 Å². The number of nitrogens with two attached hydrogens (primary N) is 1. The molecule has 0 unspecified atom stereocenters. The van der Waals surface area contributed by atoms with Crippen LogP contribution in [0.3, 0.4) is 0 Å². The van der Waals surface area contributed by atoms with Crippen molar-refractivity contribution in [3.8, 4) is 0 Å². The summed E-state index contributed by atoms with van der Waals surface area (Å²) < 4.78 is 0. The number of aromatic nitrogens is 2. The zero-order valence-corrected chi connectivity index (χ0v) is 8.43. The van der Waals surface area contributed by atoms with E-state index in [0.717, 1.165) is 17.9 Å². The Kier molecular flexibility index (Phi) is 3.05. The van der Waals surface area contributed by atoms with Crippen LogP contribution in [-0.2, 0) is 13.0 Å². The predicted octanol–water partition coefficient (Wildman–Crippen LogP) is 1.53. The maximum atomic E-state index is 5.52. The molecule has 76 valence electrons. The van der Waals surface area contributed by atoms with Gasteiger partial charge in [0.2, 0.25) is 0 Å². The van der Waals surface area contributed by atoms with Crippen LogP contribution in [0.15, 0.2) is 42.6 Å². The van der Waals surface area contributed by atoms with Gasteiger partial charge in [-0.15, -0.1) is 0 Å². The standard InChI is InChI=1S/C12H13N3/c13-9-11-6-7-14-12(15-11)8-10-4-2-1-3-5-10/h1-7H,8-9,13H2. The molecule has 0 amide bonds. The molecule has 2 N–H and O–H groups in total. The third-order valence-electron chi connectivity index (χ3n) is 2.18. The van der Waals surface area contributed by atoms with Crippen molar-refractivity contribution in [3.05, 3.63) is 59.7 Å². The lowest BCUT2D eigenvalue weighted by Gasteiger charge is -2.01. The fourth-order valence-corrected chi connectivity index (χ4v) is 1.42. The summed E-state index contributed by atoms with van der Waals surface area (Å²) >= 11 is 0. The van der Waals surface area contributed by atoms with Crippen molar-refractivity contribution < 1.29 is 0 Å². The Bertz CT molecular complexity index is 426. The van der Waals surface area contributed by atoms with E-state index in [4.69, 9.17) is 5.73 Å². The molecule has 0 fully saturated rings. The zero-order valence-electron chi connectivity index (χ0n) is 8.43. The van der Waals surface area contributed by atoms with Crippen LogP contribution in [-0.4, -0.2) is 9.97 Å². The van der Waals surface area contributed by atoms with Gasteiger partial charge in [0.25, 0.3) is 0 Å². The van der Waals surface area contributed by atoms with Crippen molar-refractivity contribution in [2.75, 3.05) is 0 Å². The molecule has 1 heterocycles. The highest BCUT2D eigenvalue weighted by molar-refractivity contribution is 5.19. The van der Waals surface area contributed by atoms with Crippen molar-refractivity contribution in [1.29, 1.82) is 0 Å². The molecule has 0 radical (unpaired) electrons. The van der Waals surface area contributed by atoms with Crippen LogP contribution in [0.2, 0.25) is 0 Å². The van der Waals surface area contributed by atoms with E-state index in [9.17, 15) is 0 Å². The highest BCUT2D eigenvalue weighted by Crippen LogP contribution is 2.05. The number of hydrogen-bond acceptors (Lipinski definition) is 3. The summed E-state index contributed by atoms with van der Waals surface area (Å²) in [6, 6.07) is 12.0. The van der Waals surface area contributed by atoms with Crippen molar-refractivity contribution >= 4 is 0 Å². The van der Waals surface area contributed by atoms with Crippen molar-refractivity contribution in [2.24, 2.45) is 5.73 Å². The van der Waals surface area contributed by atoms with E-state index in [0.29, 0.717) is 6.54 Å². The molecule has 3 nitrogen and oxygen atoms in total. The molecule has 0 saturated heterocycles. The van der Waals surface area contributed by atoms with Crippen LogP contribution in [0.4, 0.5) is 0 Å². The highest BCUT2D eigenvalue weighted by Gasteiger charge is 1.99. The Labute approximate surface area is 89.0 Å². The molecule has 3 heteroatoms. The predicted molar refractivity (Wildman–Crippen MR) is 59.2 cm³/mol. The van der Waals surface area contributed by atoms with E-state index >= 15 is 0 Å². The largest absolute Gasteiger partial charge is 0.325 e. The molecule has 0 spiro atoms. The third kappa shape index (κ3) is 2.60. The number of hydrogen-bond donors (Lipinski definition) is 1. The van der Waals surface area contributed by atoms with Gasteiger partial charge in [0.05, 0.1) is 5.69 Å². The molecule has 0 aliphatic rings. The molecule has 1 aromatic heterocycles. The number of benzene rings is 1. The summed E-state index contributed by atoms with van der Waals surface area (Å²) in [4.78, 5) is 8.57. The Morgan fingerprint density at radius 3 is 2.60 bits per heavy atom. The lowest BCUT2D eigenvalue weighted by atomic mass is 10.1. The van der Waals surface area contributed by atoms with Gasteiger partial charge in [0.15, 0.2) is 0 Å². The molecule has 1 aromatic carbocycles. The van der Waals surface area contributed by atoms with Crippen LogP contribution < -0.4 is 5.73 Å². The fourth-order valence-electron chi connectivity index (χ4n) is 1.42. The smallest absolute Gasteiger partial charge is 0.132 e. The summed E-state index contributed by atoms with van der Waals surface area (Å²) in [7, 11) is 0. The van der Waals surface area contributed by atoms with Gasteiger partial charge in [-0.2, -0.15) is 0 Å². The van der Waals surface area contributed by atoms with E-state index in [1.165, 1.54) is 5.56 Å². The highest BCUT2D eigenvalue weighted by atomic mass is 14.9. The Morgan fingerprint density at radius 1 is 1.07 bits per heavy atom. The second kappa shape index (κ2) is 4.66. The number of rotatable bonds is 3. The average Bonchev–Trinajstić information content (AvgIpc) is 2.31. The van der Waals surface area contributed by atoms with Crippen molar-refractivity contribution in [2.45, 2.75) is 13.0 Å². The van der Waals surface area contributed by atoms with E-state index in [-0.39, 0.29) is 0 Å². The average molecular weight is 199 g/mol. The quantitative estimate of drug-likeness (QED) is 0.815. The van der Waals surface area contributed by atoms with E-state index in [2.05, 4.69) is 22.1 Å². The fraction of sp³-hybridized carbons (Fsp3) is 0.167. The van der Waals surface area contributed by atoms with E-state index in [1.54, 1.807) is 6.20 Å². The van der Waals surface area contributed by atoms with Crippen molar-refractivity contribution in [3.63, 3.8) is 0 Å². The van der Waals surface area contributed by atoms with Crippen molar-refractivity contribution in [1.82, 2.24) is 9.97 Å². The van der Waals surface area contributed by atoms with Crippen LogP contribution in [0, 0.1) is 0 Å². The van der Waals surface area contributed by atoms with Crippen LogP contribution >= 0.6 is 0 Å². The SMILES string of the molecule is NCc1ccnc(Cc2ccccc2)n1. The monoisotopic (exact) mass is 199 g/mol. The van der Waals surface area contributed by atoms with Gasteiger partial charge in [-0.25, -0.2) is 9.97 Å². The Hall–Kier alpha value is -1.74. The minimum atomic E-state index is 0.463. The molecule has 15 heavy (non-hydrogen) atoms. The maximum absolute atomic E-state index is 5.52. The van der Waals surface area contributed by atoms with Gasteiger partial charge in [-0.05, 0) is 11.6 Å². The van der Waals surface area contributed by atoms with Gasteiger partial charge < -0.3 is 5.73 Å². The van der Waals surface area contributed by atoms with Crippen LogP contribution in [0.5, 0.6) is 0 Å². The third-order valence-corrected chi connectivity index (χ3v) is 2.18. The van der Waals surface area contributed by atoms with Crippen LogP contribution in [0.25, 0.3) is 0 Å². The maximum Gasteiger partial charge on any atom is 0.132 e. The minimum Gasteiger partial charge on any atom is -0.325 e. The molecule has 0 aliphatic heterocycles. The Balaban J connectivity index is 2.17. The van der Waals surface area contributed by atoms with Crippen LogP contribution in [0.1, 0.15) is 17.1 Å². The molecule has 0 aliphatic carbocycles. The summed E-state index contributed by atoms with van der Waals surface area (Å²) in [5.74, 6) is 0.823. The second-order valence-corrected chi connectivity index (χ2v) is 3.33. The van der Waals surface area contributed by atoms with Gasteiger partial charge >= 0.3 is 0 Å². The zero-order chi connectivity index (χ0) is 10.5. The first-order valence-corrected chi connectivity index (χ1v) is 4.93. The lowest BCUT2D eigenvalue weighted by Crippen LogP contribution is -2.04. The summed E-state index contributed by atoms with van der Waals surface area (Å²) in [5.41, 5.74) is 7.62. The molecule has 2 rings (SSSR count). The first kappa shape index (κ1) is 9.80. The van der Waals surface area contributed by atoms with E-state index in [1.807, 2.05) is 24.3 Å². The lowest BCUT2D eigenvalue weighted by molar-refractivity contribution is 0.891. The molecule has 0 bridgehead atoms. The van der Waals surface area contributed by atoms with Gasteiger partial charge in [0, 0.05) is 19.2 Å². The summed E-state index contributed by atoms with van der Waals surface area (Å²) in [6.45, 7) is 0.463. The normalized spacial score (nSPS) is 10.2. The molecular formula is C12H13N3. The molecule has 0 atom stereocenters. The van der Waals surface area contributed by atoms with E-state index < -0.39 is 0 Å². The number of nitrogens with zero attached hydrogens (tertiary/aromatic N) is 2. The molecular weight excluding hydrogens is 186 g/mol. The van der Waals surface area contributed by atoms with Gasteiger partial charge in [0.1, 0.15) is 5.82 Å².